The van der Waals surface area contributed by atoms with E-state index in [9.17, 15) is 20.1 Å². The highest BCUT2D eigenvalue weighted by Crippen LogP contribution is 2.44. The van der Waals surface area contributed by atoms with Gasteiger partial charge in [-0.1, -0.05) is 344 Å². The van der Waals surface area contributed by atoms with Crippen LogP contribution in [0.4, 0.5) is 0 Å². The maximum absolute atomic E-state index is 15.4. The molecule has 774 valence electrons. The van der Waals surface area contributed by atoms with Gasteiger partial charge in [-0.3, -0.25) is 9.59 Å². The van der Waals surface area contributed by atoms with Gasteiger partial charge in [0.15, 0.2) is 43.8 Å². The number of carbonyl (C=O) groups is 2. The molecule has 0 unspecified atom stereocenters. The maximum atomic E-state index is 15.4. The molecule has 6 fully saturated rings. The van der Waals surface area contributed by atoms with Crippen molar-refractivity contribution in [1.29, 1.82) is 0 Å². The molecule has 10 aromatic rings. The van der Waals surface area contributed by atoms with Gasteiger partial charge in [-0.15, -0.1) is 6.58 Å². The summed E-state index contributed by atoms with van der Waals surface area (Å²) in [5.74, 6) is -2.23. The highest BCUT2D eigenvalue weighted by atomic mass is 35.6. The molecule has 6 aliphatic heterocycles. The highest BCUT2D eigenvalue weighted by Gasteiger charge is 2.62. The summed E-state index contributed by atoms with van der Waals surface area (Å²) in [5.41, 5.74) is 7.94. The Balaban J connectivity index is 0.844. The number of hydrogen-bond donors (Lipinski definition) is 4. The Bertz CT molecular complexity index is 5460. The monoisotopic (exact) mass is 2050 g/mol. The van der Waals surface area contributed by atoms with Crippen LogP contribution in [0.5, 0.6) is 0 Å². The molecule has 10 aromatic carbocycles. The lowest BCUT2D eigenvalue weighted by molar-refractivity contribution is -0.412. The first-order valence-electron chi connectivity index (χ1n) is 49.1. The highest BCUT2D eigenvalue weighted by molar-refractivity contribution is 6.76. The zero-order chi connectivity index (χ0) is 101. The number of ether oxygens (including phenoxy) is 23. The zero-order valence-electron chi connectivity index (χ0n) is 81.3. The van der Waals surface area contributed by atoms with Crippen LogP contribution in [-0.4, -0.2) is 235 Å². The molecule has 0 saturated carbocycles. The Kier molecular flexibility index (Phi) is 40.6. The number of hydrogen-bond acceptors (Lipinski definition) is 28. The van der Waals surface area contributed by atoms with Crippen LogP contribution < -0.4 is 5.32 Å². The molecule has 0 bridgehead atoms. The summed E-state index contributed by atoms with van der Waals surface area (Å²) in [6, 6.07) is 93.2. The summed E-state index contributed by atoms with van der Waals surface area (Å²) in [5, 5.41) is 41.3. The fourth-order valence-corrected chi connectivity index (χ4v) is 18.9. The molecular weight excluding hydrogens is 1930 g/mol. The summed E-state index contributed by atoms with van der Waals surface area (Å²) < 4.78 is 162. The van der Waals surface area contributed by atoms with Gasteiger partial charge >= 0.3 is 5.97 Å². The van der Waals surface area contributed by atoms with Gasteiger partial charge in [-0.2, -0.15) is 0 Å². The van der Waals surface area contributed by atoms with Crippen molar-refractivity contribution in [3.8, 4) is 0 Å². The van der Waals surface area contributed by atoms with Crippen LogP contribution in [0.1, 0.15) is 90.3 Å². The van der Waals surface area contributed by atoms with Crippen molar-refractivity contribution in [1.82, 2.24) is 5.32 Å². The average Bonchev–Trinajstić information content (AvgIpc) is 0.600. The van der Waals surface area contributed by atoms with Crippen LogP contribution in [0.2, 0.25) is 0 Å². The van der Waals surface area contributed by atoms with E-state index in [4.69, 9.17) is 144 Å². The van der Waals surface area contributed by atoms with Gasteiger partial charge in [0.25, 0.3) is 9.70 Å². The number of nitrogens with one attached hydrogen (secondary N) is 1. The Hall–Kier alpha value is -9.25. The number of aliphatic hydroxyl groups is 3. The van der Waals surface area contributed by atoms with E-state index < -0.39 is 206 Å². The minimum absolute atomic E-state index is 0.00199. The molecule has 1 amide bonds. The quantitative estimate of drug-likeness (QED) is 0.0156. The van der Waals surface area contributed by atoms with E-state index in [1.54, 1.807) is 26.8 Å². The Morgan fingerprint density at radius 3 is 0.966 bits per heavy atom. The van der Waals surface area contributed by atoms with Crippen LogP contribution in [0.25, 0.3) is 0 Å². The standard InChI is InChI=1S/C113H128Cl3NO28/c1-7-58-124-108-103(98(131-67-83-52-32-15-33-53-83)92(72(3)135-108)126-62-78-42-22-10-23-43-78)145-111-105(101(94(74(5)137-111)128-64-80-46-26-12-27-47-80)143-109-102(133-69-85-56-36-17-37-57-85)99(132-68-84-54-34-16-35-55-84)95(129-65-81-48-28-13-29-49-81)87(140-109)70-123-60-76-38-18-8-19-39-76)144-106-88(117-112(122)113(114,115)116)96(89(120)86(59-118)139-106)141-110-104(138-75(6)119)100(93(73(4)136-110)127-63-79-44-24-11-25-45-79)142-107-90(121)97(130-66-82-50-30-14-31-51-82)91(71(2)134-107)125-61-77-40-20-9-21-41-77/h7-57,71-74,86-111,118,120-121H,1,58-70H2,2-6H3,(H,117,122)/t71-,72-,73-,74-,86+,87+,88+,89+,90+,91-,92-,93-,94-,95+,96+,97-,98+,99-,100+,101+,102+,103+,104+,105+,106-,107-,108+,109+,110-,111-/m0/s1. The second kappa shape index (κ2) is 54.3. The SMILES string of the molecule is C=CCO[C@@H]1O[C@@H](C)[C@H](OCc2ccccc2)[C@@H](OCc2ccccc2)[C@H]1O[C@@H]1O[C@@H](C)[C@H](OCc2ccccc2)[C@@H](O[C@H]2O[C@H](COCc3ccccc3)[C@@H](OCc3ccccc3)[C@H](OCc3ccccc3)[C@H]2OCc2ccccc2)[C@H]1O[C@@H]1O[C@H](CO)[C@@H](O)[C@H](O[C@@H]2O[C@@H](C)[C@H](OCc3ccccc3)[C@@H](O[C@@H]3O[C@@H](C)[C@H](OCc4ccccc4)[C@@H](OCc4ccccc4)[C@H]3O)[C@H]2OC(C)=O)[C@H]1NC(=O)C(Cl)(Cl)Cl. The van der Waals surface area contributed by atoms with Crippen LogP contribution >= 0.6 is 34.8 Å². The number of carbonyl (C=O) groups excluding carboxylic acids is 2. The predicted molar refractivity (Wildman–Crippen MR) is 533 cm³/mol. The van der Waals surface area contributed by atoms with Crippen molar-refractivity contribution in [3.63, 3.8) is 0 Å². The van der Waals surface area contributed by atoms with E-state index in [0.29, 0.717) is 5.56 Å². The second-order valence-electron chi connectivity index (χ2n) is 36.6. The van der Waals surface area contributed by atoms with Crippen LogP contribution in [0.3, 0.4) is 0 Å². The molecule has 16 rings (SSSR count). The van der Waals surface area contributed by atoms with E-state index in [2.05, 4.69) is 11.9 Å². The van der Waals surface area contributed by atoms with Gasteiger partial charge in [0.1, 0.15) is 116 Å². The fourth-order valence-electron chi connectivity index (χ4n) is 18.7. The smallest absolute Gasteiger partial charge is 0.303 e. The van der Waals surface area contributed by atoms with Gasteiger partial charge in [-0.25, -0.2) is 0 Å². The first-order chi connectivity index (χ1) is 70.7. The lowest BCUT2D eigenvalue weighted by Gasteiger charge is -2.53. The molecule has 4 N–H and O–H groups in total. The molecule has 6 heterocycles. The molecule has 0 radical (unpaired) electrons. The number of aliphatic hydroxyl groups excluding tert-OH is 3. The third kappa shape index (κ3) is 29.9. The summed E-state index contributed by atoms with van der Waals surface area (Å²) in [6.07, 6.45) is -40.0. The Labute approximate surface area is 860 Å². The maximum Gasteiger partial charge on any atom is 0.303 e. The fraction of sp³-hybridized carbons (Fsp3) is 0.434. The van der Waals surface area contributed by atoms with Crippen molar-refractivity contribution in [2.45, 2.75) is 289 Å². The van der Waals surface area contributed by atoms with Gasteiger partial charge < -0.3 is 130 Å². The van der Waals surface area contributed by atoms with Gasteiger partial charge in [-0.05, 0) is 83.3 Å². The van der Waals surface area contributed by atoms with Crippen molar-refractivity contribution >= 4 is 46.7 Å². The van der Waals surface area contributed by atoms with Crippen LogP contribution in [0.15, 0.2) is 316 Å². The minimum Gasteiger partial charge on any atom is -0.454 e. The lowest BCUT2D eigenvalue weighted by atomic mass is 9.94. The molecular formula is C113H128Cl3NO28. The summed E-state index contributed by atoms with van der Waals surface area (Å²) >= 11 is 20.2. The van der Waals surface area contributed by atoms with E-state index in [1.807, 2.05) is 310 Å². The summed E-state index contributed by atoms with van der Waals surface area (Å²) in [7, 11) is 0. The number of esters is 1. The number of halogens is 3. The average molecular weight is 2050 g/mol. The molecule has 29 nitrogen and oxygen atoms in total. The number of alkyl halides is 3. The normalized spacial score (nSPS) is 30.8. The van der Waals surface area contributed by atoms with E-state index in [-0.39, 0.29) is 79.3 Å². The van der Waals surface area contributed by atoms with Crippen molar-refractivity contribution in [2.24, 2.45) is 0 Å². The van der Waals surface area contributed by atoms with Crippen LogP contribution in [0, 0.1) is 0 Å². The van der Waals surface area contributed by atoms with E-state index in [1.165, 1.54) is 0 Å². The molecule has 6 saturated heterocycles. The summed E-state index contributed by atoms with van der Waals surface area (Å²) in [4.78, 5) is 29.7. The zero-order valence-corrected chi connectivity index (χ0v) is 83.6. The number of amides is 1. The molecule has 0 aliphatic carbocycles. The first kappa shape index (κ1) is 108. The molecule has 0 aromatic heterocycles. The van der Waals surface area contributed by atoms with Gasteiger partial charge in [0.05, 0.1) is 110 Å². The van der Waals surface area contributed by atoms with Gasteiger partial charge in [0, 0.05) is 6.92 Å². The molecule has 32 heteroatoms. The van der Waals surface area contributed by atoms with Gasteiger partial charge in [0.2, 0.25) is 0 Å². The number of benzene rings is 10. The third-order valence-corrected chi connectivity index (χ3v) is 26.5. The van der Waals surface area contributed by atoms with E-state index in [0.717, 1.165) is 57.0 Å². The first-order valence-corrected chi connectivity index (χ1v) is 50.3. The largest absolute Gasteiger partial charge is 0.454 e. The predicted octanol–water partition coefficient (Wildman–Crippen LogP) is 15.5. The molecule has 30 atom stereocenters. The Morgan fingerprint density at radius 1 is 0.310 bits per heavy atom. The van der Waals surface area contributed by atoms with Crippen molar-refractivity contribution in [3.05, 3.63) is 372 Å². The topological polar surface area (TPSA) is 319 Å². The molecule has 145 heavy (non-hydrogen) atoms. The lowest BCUT2D eigenvalue weighted by Crippen LogP contribution is -2.71. The van der Waals surface area contributed by atoms with Crippen molar-refractivity contribution in [2.75, 3.05) is 19.8 Å². The molecule has 6 aliphatic rings. The van der Waals surface area contributed by atoms with Crippen molar-refractivity contribution < 1.29 is 134 Å². The number of rotatable bonds is 47. The van der Waals surface area contributed by atoms with Crippen LogP contribution in [-0.2, 0) is 185 Å². The second-order valence-corrected chi connectivity index (χ2v) is 38.9. The Morgan fingerprint density at radius 2 is 0.586 bits per heavy atom. The summed E-state index contributed by atoms with van der Waals surface area (Å²) in [6.45, 7) is 11.2. The third-order valence-electron chi connectivity index (χ3n) is 26.0. The minimum atomic E-state index is -2.84. The van der Waals surface area contributed by atoms with E-state index >= 15 is 4.79 Å². The molecule has 0 spiro atoms.